The van der Waals surface area contributed by atoms with Crippen LogP contribution in [0.15, 0.2) is 48.5 Å². The molecule has 2 rings (SSSR count). The number of ether oxygens (including phenoxy) is 3. The molecule has 0 atom stereocenters. The van der Waals surface area contributed by atoms with Gasteiger partial charge in [-0.15, -0.1) is 0 Å². The van der Waals surface area contributed by atoms with Crippen LogP contribution in [0.3, 0.4) is 0 Å². The SMILES string of the molecule is CCOC(=O)Oc1ccc(-c2ccc(OCCCCCCO)cc2)cc1. The lowest BCUT2D eigenvalue weighted by Crippen LogP contribution is -2.09. The molecule has 0 heterocycles. The molecule has 0 aromatic heterocycles. The Hall–Kier alpha value is -2.53. The van der Waals surface area contributed by atoms with Gasteiger partial charge in [0.1, 0.15) is 11.5 Å². The fourth-order valence-corrected chi connectivity index (χ4v) is 2.46. The van der Waals surface area contributed by atoms with Gasteiger partial charge in [-0.05, 0) is 61.6 Å². The summed E-state index contributed by atoms with van der Waals surface area (Å²) in [6, 6.07) is 15.2. The lowest BCUT2D eigenvalue weighted by Gasteiger charge is -2.08. The van der Waals surface area contributed by atoms with Crippen LogP contribution in [0.2, 0.25) is 0 Å². The van der Waals surface area contributed by atoms with Crippen LogP contribution in [-0.4, -0.2) is 31.1 Å². The first-order chi connectivity index (χ1) is 12.7. The first-order valence-corrected chi connectivity index (χ1v) is 9.01. The van der Waals surface area contributed by atoms with Crippen LogP contribution < -0.4 is 9.47 Å². The molecule has 0 saturated carbocycles. The minimum Gasteiger partial charge on any atom is -0.494 e. The van der Waals surface area contributed by atoms with Gasteiger partial charge >= 0.3 is 6.16 Å². The van der Waals surface area contributed by atoms with Crippen molar-refractivity contribution in [1.82, 2.24) is 0 Å². The molecule has 0 fully saturated rings. The van der Waals surface area contributed by atoms with Gasteiger partial charge in [0, 0.05) is 6.61 Å². The zero-order chi connectivity index (χ0) is 18.6. The van der Waals surface area contributed by atoms with Gasteiger partial charge < -0.3 is 19.3 Å². The normalized spacial score (nSPS) is 10.4. The minimum atomic E-state index is -0.696. The Kier molecular flexibility index (Phi) is 8.49. The summed E-state index contributed by atoms with van der Waals surface area (Å²) in [6.45, 7) is 2.96. The average Bonchev–Trinajstić information content (AvgIpc) is 2.66. The standard InChI is InChI=1S/C21H26O5/c1-2-24-21(23)26-20-13-9-18(10-14-20)17-7-11-19(12-8-17)25-16-6-4-3-5-15-22/h7-14,22H,2-6,15-16H2,1H3. The molecule has 2 aromatic carbocycles. The lowest BCUT2D eigenvalue weighted by molar-refractivity contribution is 0.104. The molecule has 0 aliphatic carbocycles. The summed E-state index contributed by atoms with van der Waals surface area (Å²) in [5.74, 6) is 1.30. The summed E-state index contributed by atoms with van der Waals surface area (Å²) in [6.07, 6.45) is 3.26. The molecule has 0 unspecified atom stereocenters. The highest BCUT2D eigenvalue weighted by atomic mass is 16.7. The van der Waals surface area contributed by atoms with Crippen LogP contribution in [0.4, 0.5) is 4.79 Å². The Morgan fingerprint density at radius 3 is 2.00 bits per heavy atom. The molecule has 5 heteroatoms. The number of aliphatic hydroxyl groups excluding tert-OH is 1. The van der Waals surface area contributed by atoms with Crippen molar-refractivity contribution in [2.45, 2.75) is 32.6 Å². The van der Waals surface area contributed by atoms with Gasteiger partial charge in [-0.25, -0.2) is 4.79 Å². The predicted molar refractivity (Wildman–Crippen MR) is 101 cm³/mol. The summed E-state index contributed by atoms with van der Waals surface area (Å²) in [5.41, 5.74) is 2.08. The van der Waals surface area contributed by atoms with Crippen molar-refractivity contribution in [3.05, 3.63) is 48.5 Å². The molecule has 5 nitrogen and oxygen atoms in total. The molecule has 0 aliphatic rings. The van der Waals surface area contributed by atoms with E-state index in [4.69, 9.17) is 19.3 Å². The number of carbonyl (C=O) groups is 1. The maximum absolute atomic E-state index is 11.3. The van der Waals surface area contributed by atoms with Crippen LogP contribution in [0.1, 0.15) is 32.6 Å². The highest BCUT2D eigenvalue weighted by molar-refractivity contribution is 5.67. The van der Waals surface area contributed by atoms with Gasteiger partial charge in [0.05, 0.1) is 13.2 Å². The summed E-state index contributed by atoms with van der Waals surface area (Å²) < 4.78 is 15.5. The van der Waals surface area contributed by atoms with E-state index >= 15 is 0 Å². The molecule has 0 amide bonds. The van der Waals surface area contributed by atoms with Gasteiger partial charge in [-0.3, -0.25) is 0 Å². The van der Waals surface area contributed by atoms with Crippen molar-refractivity contribution >= 4 is 6.16 Å². The summed E-state index contributed by atoms with van der Waals surface area (Å²) >= 11 is 0. The van der Waals surface area contributed by atoms with Crippen LogP contribution >= 0.6 is 0 Å². The number of rotatable bonds is 10. The molecule has 26 heavy (non-hydrogen) atoms. The van der Waals surface area contributed by atoms with E-state index < -0.39 is 6.16 Å². The van der Waals surface area contributed by atoms with E-state index in [-0.39, 0.29) is 13.2 Å². The molecular formula is C21H26O5. The first kappa shape index (κ1) is 19.8. The monoisotopic (exact) mass is 358 g/mol. The second kappa shape index (κ2) is 11.2. The number of hydrogen-bond donors (Lipinski definition) is 1. The zero-order valence-corrected chi connectivity index (χ0v) is 15.1. The summed E-state index contributed by atoms with van der Waals surface area (Å²) in [5, 5.41) is 8.74. The van der Waals surface area contributed by atoms with Crippen LogP contribution in [0.5, 0.6) is 11.5 Å². The highest BCUT2D eigenvalue weighted by Gasteiger charge is 2.05. The van der Waals surface area contributed by atoms with E-state index in [0.717, 1.165) is 42.6 Å². The van der Waals surface area contributed by atoms with E-state index in [1.54, 1.807) is 19.1 Å². The number of aliphatic hydroxyl groups is 1. The van der Waals surface area contributed by atoms with E-state index in [1.807, 2.05) is 36.4 Å². The first-order valence-electron chi connectivity index (χ1n) is 9.01. The summed E-state index contributed by atoms with van der Waals surface area (Å²) in [4.78, 5) is 11.3. The molecule has 140 valence electrons. The zero-order valence-electron chi connectivity index (χ0n) is 15.1. The number of benzene rings is 2. The largest absolute Gasteiger partial charge is 0.513 e. The highest BCUT2D eigenvalue weighted by Crippen LogP contribution is 2.25. The van der Waals surface area contributed by atoms with Gasteiger partial charge in [0.15, 0.2) is 0 Å². The second-order valence-electron chi connectivity index (χ2n) is 5.82. The van der Waals surface area contributed by atoms with Crippen molar-refractivity contribution in [2.24, 2.45) is 0 Å². The van der Waals surface area contributed by atoms with E-state index in [9.17, 15) is 4.79 Å². The Labute approximate surface area is 154 Å². The predicted octanol–water partition coefficient (Wildman–Crippen LogP) is 4.82. The third-order valence-corrected chi connectivity index (χ3v) is 3.83. The maximum atomic E-state index is 11.3. The molecule has 0 bridgehead atoms. The third kappa shape index (κ3) is 6.76. The van der Waals surface area contributed by atoms with Gasteiger partial charge in [-0.2, -0.15) is 0 Å². The molecule has 0 radical (unpaired) electrons. The fraction of sp³-hybridized carbons (Fsp3) is 0.381. The topological polar surface area (TPSA) is 65.0 Å². The van der Waals surface area contributed by atoms with E-state index in [2.05, 4.69) is 0 Å². The van der Waals surface area contributed by atoms with Crippen molar-refractivity contribution < 1.29 is 24.1 Å². The Morgan fingerprint density at radius 2 is 1.42 bits per heavy atom. The van der Waals surface area contributed by atoms with Gasteiger partial charge in [0.2, 0.25) is 0 Å². The fourth-order valence-electron chi connectivity index (χ4n) is 2.46. The van der Waals surface area contributed by atoms with E-state index in [0.29, 0.717) is 12.4 Å². The average molecular weight is 358 g/mol. The van der Waals surface area contributed by atoms with E-state index in [1.165, 1.54) is 0 Å². The van der Waals surface area contributed by atoms with Crippen molar-refractivity contribution in [1.29, 1.82) is 0 Å². The Morgan fingerprint density at radius 1 is 0.846 bits per heavy atom. The van der Waals surface area contributed by atoms with Crippen LogP contribution in [0.25, 0.3) is 11.1 Å². The molecule has 1 N–H and O–H groups in total. The van der Waals surface area contributed by atoms with Crippen molar-refractivity contribution in [3.63, 3.8) is 0 Å². The van der Waals surface area contributed by atoms with Crippen LogP contribution in [-0.2, 0) is 4.74 Å². The molecular weight excluding hydrogens is 332 g/mol. The molecule has 2 aromatic rings. The Bertz CT molecular complexity index is 649. The molecule has 0 aliphatic heterocycles. The maximum Gasteiger partial charge on any atom is 0.513 e. The minimum absolute atomic E-state index is 0.262. The smallest absolute Gasteiger partial charge is 0.494 e. The van der Waals surface area contributed by atoms with Crippen molar-refractivity contribution in [3.8, 4) is 22.6 Å². The number of carbonyl (C=O) groups excluding carboxylic acids is 1. The van der Waals surface area contributed by atoms with Gasteiger partial charge in [0.25, 0.3) is 0 Å². The van der Waals surface area contributed by atoms with Crippen LogP contribution in [0, 0.1) is 0 Å². The molecule has 0 spiro atoms. The third-order valence-electron chi connectivity index (χ3n) is 3.83. The number of unbranched alkanes of at least 4 members (excludes halogenated alkanes) is 3. The summed E-state index contributed by atoms with van der Waals surface area (Å²) in [7, 11) is 0. The van der Waals surface area contributed by atoms with Gasteiger partial charge in [-0.1, -0.05) is 30.7 Å². The quantitative estimate of drug-likeness (QED) is 0.375. The lowest BCUT2D eigenvalue weighted by atomic mass is 10.1. The number of hydrogen-bond acceptors (Lipinski definition) is 5. The second-order valence-corrected chi connectivity index (χ2v) is 5.82. The molecule has 0 saturated heterocycles. The van der Waals surface area contributed by atoms with Crippen molar-refractivity contribution in [2.75, 3.05) is 19.8 Å². The Balaban J connectivity index is 1.83.